The Morgan fingerprint density at radius 3 is 2.80 bits per heavy atom. The van der Waals surface area contributed by atoms with Gasteiger partial charge >= 0.3 is 0 Å². The Balaban J connectivity index is 1.57. The maximum Gasteiger partial charge on any atom is 0.254 e. The third-order valence-corrected chi connectivity index (χ3v) is 7.22. The van der Waals surface area contributed by atoms with Gasteiger partial charge in [-0.25, -0.2) is 15.0 Å². The number of amides is 1. The molecule has 2 bridgehead atoms. The fourth-order valence-corrected chi connectivity index (χ4v) is 5.03. The molecule has 0 saturated carbocycles. The summed E-state index contributed by atoms with van der Waals surface area (Å²) in [5.74, 6) is -0.322. The zero-order valence-corrected chi connectivity index (χ0v) is 23.2. The molecule has 2 unspecified atom stereocenters. The van der Waals surface area contributed by atoms with Crippen LogP contribution in [0.25, 0.3) is 22.5 Å². The fourth-order valence-electron chi connectivity index (χ4n) is 4.81. The van der Waals surface area contributed by atoms with E-state index < -0.39 is 0 Å². The Morgan fingerprint density at radius 1 is 1.15 bits per heavy atom. The fraction of sp³-hybridized carbons (Fsp3) is 0.207. The Labute approximate surface area is 241 Å². The number of aromatic nitrogens is 4. The van der Waals surface area contributed by atoms with Crippen molar-refractivity contribution in [1.82, 2.24) is 19.5 Å². The average Bonchev–Trinajstić information content (AvgIpc) is 2.94. The minimum absolute atomic E-state index is 0.0786. The minimum atomic E-state index is -0.301. The van der Waals surface area contributed by atoms with E-state index in [0.29, 0.717) is 46.2 Å². The van der Waals surface area contributed by atoms with E-state index in [1.54, 1.807) is 35.3 Å². The SMILES string of the molecule is CC1CCCC(n2cnc(-c3cc(Cl)ccc3N/C=C(\N)Cl)cc2=O)c2cccc(c2)-c2ncncc2NC1=O. The molecule has 0 fully saturated rings. The van der Waals surface area contributed by atoms with Crippen molar-refractivity contribution >= 4 is 40.5 Å². The summed E-state index contributed by atoms with van der Waals surface area (Å²) in [6, 6.07) is 14.2. The van der Waals surface area contributed by atoms with Gasteiger partial charge in [-0.15, -0.1) is 0 Å². The zero-order valence-electron chi connectivity index (χ0n) is 21.6. The number of rotatable bonds is 4. The van der Waals surface area contributed by atoms with Gasteiger partial charge in [-0.1, -0.05) is 54.7 Å². The van der Waals surface area contributed by atoms with Crippen LogP contribution >= 0.6 is 23.2 Å². The molecule has 11 heteroatoms. The van der Waals surface area contributed by atoms with Crippen LogP contribution in [0.2, 0.25) is 5.02 Å². The average molecular weight is 576 g/mol. The van der Waals surface area contributed by atoms with E-state index >= 15 is 0 Å². The van der Waals surface area contributed by atoms with Crippen LogP contribution in [-0.4, -0.2) is 25.4 Å². The van der Waals surface area contributed by atoms with Crippen LogP contribution in [0.4, 0.5) is 11.4 Å². The first-order valence-electron chi connectivity index (χ1n) is 12.8. The lowest BCUT2D eigenvalue weighted by Crippen LogP contribution is -2.26. The summed E-state index contributed by atoms with van der Waals surface area (Å²) < 4.78 is 1.63. The van der Waals surface area contributed by atoms with Crippen LogP contribution in [0, 0.1) is 5.92 Å². The summed E-state index contributed by atoms with van der Waals surface area (Å²) in [4.78, 5) is 39.6. The van der Waals surface area contributed by atoms with Gasteiger partial charge in [-0.2, -0.15) is 0 Å². The number of hydrogen-bond acceptors (Lipinski definition) is 7. The van der Waals surface area contributed by atoms with Crippen molar-refractivity contribution in [2.45, 2.75) is 32.2 Å². The first kappa shape index (κ1) is 27.4. The van der Waals surface area contributed by atoms with Crippen LogP contribution in [0.3, 0.4) is 0 Å². The Morgan fingerprint density at radius 2 is 2.00 bits per heavy atom. The number of fused-ring (bicyclic) bond motifs is 4. The number of hydrogen-bond donors (Lipinski definition) is 3. The smallest absolute Gasteiger partial charge is 0.254 e. The highest BCUT2D eigenvalue weighted by Crippen LogP contribution is 2.33. The molecule has 0 spiro atoms. The van der Waals surface area contributed by atoms with Crippen LogP contribution in [0.5, 0.6) is 0 Å². The topological polar surface area (TPSA) is 128 Å². The van der Waals surface area contributed by atoms with Crippen molar-refractivity contribution < 1.29 is 4.79 Å². The quantitative estimate of drug-likeness (QED) is 0.263. The van der Waals surface area contributed by atoms with Crippen molar-refractivity contribution in [3.63, 3.8) is 0 Å². The van der Waals surface area contributed by atoms with Crippen LogP contribution in [0.1, 0.15) is 37.8 Å². The maximum atomic E-state index is 13.6. The summed E-state index contributed by atoms with van der Waals surface area (Å²) in [6.07, 6.45) is 8.08. The summed E-state index contributed by atoms with van der Waals surface area (Å²) in [5, 5.41) is 6.57. The summed E-state index contributed by atoms with van der Waals surface area (Å²) in [7, 11) is 0. The monoisotopic (exact) mass is 575 g/mol. The lowest BCUT2D eigenvalue weighted by atomic mass is 9.94. The number of anilines is 2. The van der Waals surface area contributed by atoms with Crippen molar-refractivity contribution in [3.8, 4) is 22.5 Å². The molecule has 4 aromatic rings. The van der Waals surface area contributed by atoms with Gasteiger partial charge in [0.25, 0.3) is 5.56 Å². The molecular weight excluding hydrogens is 549 g/mol. The second-order valence-electron chi connectivity index (χ2n) is 9.63. The molecular formula is C29H27Cl2N7O2. The van der Waals surface area contributed by atoms with E-state index in [1.807, 2.05) is 31.2 Å². The second-order valence-corrected chi connectivity index (χ2v) is 10.5. The summed E-state index contributed by atoms with van der Waals surface area (Å²) in [5.41, 5.74) is 9.97. The molecule has 204 valence electrons. The Kier molecular flexibility index (Phi) is 8.14. The molecule has 0 radical (unpaired) electrons. The number of halogens is 2. The molecule has 4 N–H and O–H groups in total. The van der Waals surface area contributed by atoms with Gasteiger partial charge in [0.2, 0.25) is 5.91 Å². The lowest BCUT2D eigenvalue weighted by molar-refractivity contribution is -0.119. The Bertz CT molecular complexity index is 1650. The van der Waals surface area contributed by atoms with Gasteiger partial charge in [0.15, 0.2) is 0 Å². The number of nitrogens with zero attached hydrogens (tertiary/aromatic N) is 4. The number of carbonyl (C=O) groups is 1. The van der Waals surface area contributed by atoms with Crippen molar-refractivity contribution in [3.05, 3.63) is 99.7 Å². The van der Waals surface area contributed by atoms with Gasteiger partial charge in [-0.3, -0.25) is 14.2 Å². The Hall–Kier alpha value is -4.21. The van der Waals surface area contributed by atoms with Gasteiger partial charge in [0, 0.05) is 40.0 Å². The molecule has 1 amide bonds. The van der Waals surface area contributed by atoms with Crippen LogP contribution in [0.15, 0.2) is 83.5 Å². The van der Waals surface area contributed by atoms with Gasteiger partial charge in [-0.05, 0) is 42.7 Å². The van der Waals surface area contributed by atoms with Crippen molar-refractivity contribution in [2.75, 3.05) is 10.6 Å². The number of benzene rings is 2. The van der Waals surface area contributed by atoms with E-state index in [4.69, 9.17) is 28.9 Å². The van der Waals surface area contributed by atoms with E-state index in [1.165, 1.54) is 18.6 Å². The molecule has 0 saturated heterocycles. The molecule has 2 atom stereocenters. The first-order valence-corrected chi connectivity index (χ1v) is 13.5. The summed E-state index contributed by atoms with van der Waals surface area (Å²) in [6.45, 7) is 1.89. The predicted octanol–water partition coefficient (Wildman–Crippen LogP) is 5.78. The van der Waals surface area contributed by atoms with E-state index in [0.717, 1.165) is 17.5 Å². The van der Waals surface area contributed by atoms with Gasteiger partial charge < -0.3 is 16.4 Å². The van der Waals surface area contributed by atoms with Gasteiger partial charge in [0.05, 0.1) is 35.6 Å². The molecule has 1 aliphatic heterocycles. The van der Waals surface area contributed by atoms with E-state index in [-0.39, 0.29) is 28.6 Å². The largest absolute Gasteiger partial charge is 0.388 e. The highest BCUT2D eigenvalue weighted by atomic mass is 35.5. The van der Waals surface area contributed by atoms with Crippen LogP contribution < -0.4 is 21.9 Å². The zero-order chi connectivity index (χ0) is 28.2. The third-order valence-electron chi connectivity index (χ3n) is 6.87. The molecule has 2 aromatic carbocycles. The van der Waals surface area contributed by atoms with Crippen molar-refractivity contribution in [2.24, 2.45) is 11.7 Å². The van der Waals surface area contributed by atoms with Crippen molar-refractivity contribution in [1.29, 1.82) is 0 Å². The maximum absolute atomic E-state index is 13.6. The van der Waals surface area contributed by atoms with E-state index in [9.17, 15) is 9.59 Å². The molecule has 3 heterocycles. The van der Waals surface area contributed by atoms with Crippen LogP contribution in [-0.2, 0) is 4.79 Å². The molecule has 5 rings (SSSR count). The highest BCUT2D eigenvalue weighted by Gasteiger charge is 2.22. The molecule has 2 aromatic heterocycles. The minimum Gasteiger partial charge on any atom is -0.388 e. The lowest BCUT2D eigenvalue weighted by Gasteiger charge is -2.23. The summed E-state index contributed by atoms with van der Waals surface area (Å²) >= 11 is 12.0. The normalized spacial score (nSPS) is 17.7. The molecule has 9 nitrogen and oxygen atoms in total. The molecule has 40 heavy (non-hydrogen) atoms. The molecule has 0 aliphatic carbocycles. The molecule has 1 aliphatic rings. The first-order chi connectivity index (χ1) is 19.3. The van der Waals surface area contributed by atoms with Gasteiger partial charge in [0.1, 0.15) is 11.5 Å². The predicted molar refractivity (Wildman–Crippen MR) is 158 cm³/mol. The second kappa shape index (κ2) is 11.9. The highest BCUT2D eigenvalue weighted by molar-refractivity contribution is 6.31. The number of nitrogens with two attached hydrogens (primary N) is 1. The third kappa shape index (κ3) is 6.00. The standard InChI is InChI=1S/C29H27Cl2N7O2/c1-17-4-2-7-25(18-5-3-6-19(10-18)28-24(37-29(17)40)13-33-15-35-28)38-16-36-23(12-27(38)39)21-11-20(30)8-9-22(21)34-14-26(31)32/h3,5-6,8-17,25,34H,2,4,7,32H2,1H3,(H,37,40)/b26-14-. The number of carbonyl (C=O) groups excluding carboxylic acids is 1. The number of nitrogens with one attached hydrogen (secondary N) is 2. The van der Waals surface area contributed by atoms with E-state index in [2.05, 4.69) is 25.6 Å².